The van der Waals surface area contributed by atoms with E-state index in [0.717, 1.165) is 23.3 Å². The largest absolute Gasteiger partial charge is 0.507 e. The number of aliphatic hydroxyl groups is 1. The van der Waals surface area contributed by atoms with Gasteiger partial charge in [0, 0.05) is 22.8 Å². The average Bonchev–Trinajstić information content (AvgIpc) is 3.71. The zero-order chi connectivity index (χ0) is 31.7. The molecule has 0 saturated carbocycles. The van der Waals surface area contributed by atoms with Crippen LogP contribution in [0.5, 0.6) is 11.5 Å². The molecule has 0 spiro atoms. The number of halogens is 1. The maximum atomic E-state index is 13.7. The number of anilines is 1. The Balaban J connectivity index is 1.37. The minimum absolute atomic E-state index is 0.0168. The van der Waals surface area contributed by atoms with Gasteiger partial charge in [-0.3, -0.25) is 14.5 Å². The van der Waals surface area contributed by atoms with Crippen molar-refractivity contribution in [2.45, 2.75) is 55.9 Å². The summed E-state index contributed by atoms with van der Waals surface area (Å²) in [6.45, 7) is 6.76. The number of hydrogen-bond donors (Lipinski definition) is 1. The van der Waals surface area contributed by atoms with Crippen molar-refractivity contribution in [3.8, 4) is 11.5 Å². The molecule has 0 aliphatic carbocycles. The maximum Gasteiger partial charge on any atom is 0.301 e. The van der Waals surface area contributed by atoms with Crippen LogP contribution in [0.3, 0.4) is 0 Å². The molecule has 1 aromatic heterocycles. The van der Waals surface area contributed by atoms with Crippen LogP contribution in [0.15, 0.2) is 76.6 Å². The Labute approximate surface area is 275 Å². The van der Waals surface area contributed by atoms with E-state index >= 15 is 0 Å². The number of ketones is 1. The van der Waals surface area contributed by atoms with E-state index in [1.165, 1.54) is 28.0 Å². The summed E-state index contributed by atoms with van der Waals surface area (Å²) in [4.78, 5) is 28.8. The van der Waals surface area contributed by atoms with Gasteiger partial charge in [-0.15, -0.1) is 10.2 Å². The minimum Gasteiger partial charge on any atom is -0.507 e. The first kappa shape index (κ1) is 31.1. The van der Waals surface area contributed by atoms with Gasteiger partial charge in [0.25, 0.3) is 5.78 Å². The number of Topliss-reactive ketones (excluding diaryl/α,β-unsaturated/α-hetero) is 1. The quantitative estimate of drug-likeness (QED) is 0.0603. The number of amides is 1. The second-order valence-electron chi connectivity index (χ2n) is 11.5. The Kier molecular flexibility index (Phi) is 9.16. The average molecular weight is 662 g/mol. The number of benzene rings is 3. The van der Waals surface area contributed by atoms with E-state index in [1.54, 1.807) is 12.1 Å². The fraction of sp³-hybridized carbons (Fsp3) is 0.294. The van der Waals surface area contributed by atoms with Crippen LogP contribution in [-0.4, -0.2) is 39.7 Å². The molecule has 45 heavy (non-hydrogen) atoms. The number of aromatic nitrogens is 2. The first-order valence-corrected chi connectivity index (χ1v) is 16.9. The van der Waals surface area contributed by atoms with E-state index < -0.39 is 17.7 Å². The molecule has 2 unspecified atom stereocenters. The smallest absolute Gasteiger partial charge is 0.301 e. The van der Waals surface area contributed by atoms with E-state index in [4.69, 9.17) is 21.1 Å². The summed E-state index contributed by atoms with van der Waals surface area (Å²) in [5.41, 5.74) is 3.03. The fourth-order valence-electron chi connectivity index (χ4n) is 5.34. The molecule has 3 heterocycles. The highest BCUT2D eigenvalue weighted by Crippen LogP contribution is 2.45. The number of rotatable bonds is 10. The SMILES string of the molecule is CC(C)CCOc1cccc(C2/C(=C(/O)c3ccc4c(c3)CC(C)O4)C(=O)C(=O)N2c2nnc(SCc3ccc(Cl)cc3)s2)c1. The molecule has 2 atom stereocenters. The van der Waals surface area contributed by atoms with Crippen LogP contribution in [-0.2, 0) is 21.8 Å². The summed E-state index contributed by atoms with van der Waals surface area (Å²) in [5.74, 6) is 0.639. The van der Waals surface area contributed by atoms with Gasteiger partial charge >= 0.3 is 5.91 Å². The van der Waals surface area contributed by atoms with Crippen LogP contribution in [0.25, 0.3) is 5.76 Å². The van der Waals surface area contributed by atoms with Crippen molar-refractivity contribution in [3.05, 3.63) is 99.6 Å². The lowest BCUT2D eigenvalue weighted by Gasteiger charge is -2.23. The lowest BCUT2D eigenvalue weighted by Crippen LogP contribution is -2.29. The summed E-state index contributed by atoms with van der Waals surface area (Å²) >= 11 is 8.71. The predicted octanol–water partition coefficient (Wildman–Crippen LogP) is 7.86. The lowest BCUT2D eigenvalue weighted by atomic mass is 9.94. The van der Waals surface area contributed by atoms with Gasteiger partial charge in [0.1, 0.15) is 23.4 Å². The van der Waals surface area contributed by atoms with Crippen LogP contribution < -0.4 is 14.4 Å². The molecule has 6 rings (SSSR count). The highest BCUT2D eigenvalue weighted by molar-refractivity contribution is 8.00. The number of carbonyl (C=O) groups is 2. The number of aliphatic hydroxyl groups excluding tert-OH is 1. The molecular weight excluding hydrogens is 630 g/mol. The van der Waals surface area contributed by atoms with Crippen LogP contribution in [0.2, 0.25) is 5.02 Å². The third-order valence-corrected chi connectivity index (χ3v) is 10.0. The van der Waals surface area contributed by atoms with Crippen molar-refractivity contribution in [2.75, 3.05) is 11.5 Å². The van der Waals surface area contributed by atoms with Crippen molar-refractivity contribution in [2.24, 2.45) is 5.92 Å². The summed E-state index contributed by atoms with van der Waals surface area (Å²) in [6, 6.07) is 19.2. The van der Waals surface area contributed by atoms with E-state index in [1.807, 2.05) is 61.5 Å². The third kappa shape index (κ3) is 6.73. The van der Waals surface area contributed by atoms with E-state index in [2.05, 4.69) is 24.0 Å². The number of carbonyl (C=O) groups excluding carboxylic acids is 2. The second-order valence-corrected chi connectivity index (χ2v) is 14.1. The Morgan fingerprint density at radius 3 is 2.71 bits per heavy atom. The van der Waals surface area contributed by atoms with Crippen LogP contribution in [0.4, 0.5) is 5.13 Å². The van der Waals surface area contributed by atoms with E-state index in [9.17, 15) is 14.7 Å². The van der Waals surface area contributed by atoms with Gasteiger partial charge in [-0.05, 0) is 78.4 Å². The van der Waals surface area contributed by atoms with Crippen molar-refractivity contribution in [1.82, 2.24) is 10.2 Å². The van der Waals surface area contributed by atoms with Gasteiger partial charge in [-0.1, -0.05) is 72.8 Å². The van der Waals surface area contributed by atoms with Gasteiger partial charge in [0.2, 0.25) is 5.13 Å². The van der Waals surface area contributed by atoms with Crippen LogP contribution in [0, 0.1) is 5.92 Å². The highest BCUT2D eigenvalue weighted by Gasteiger charge is 2.48. The Morgan fingerprint density at radius 1 is 1.13 bits per heavy atom. The summed E-state index contributed by atoms with van der Waals surface area (Å²) in [5, 5.41) is 21.2. The first-order chi connectivity index (χ1) is 21.7. The molecule has 1 amide bonds. The van der Waals surface area contributed by atoms with E-state index in [0.29, 0.717) is 50.9 Å². The fourth-order valence-corrected chi connectivity index (χ4v) is 7.29. The molecule has 0 radical (unpaired) electrons. The molecule has 1 fully saturated rings. The van der Waals surface area contributed by atoms with Crippen molar-refractivity contribution in [3.63, 3.8) is 0 Å². The van der Waals surface area contributed by atoms with Gasteiger partial charge in [0.15, 0.2) is 4.34 Å². The predicted molar refractivity (Wildman–Crippen MR) is 177 cm³/mol. The first-order valence-electron chi connectivity index (χ1n) is 14.7. The monoisotopic (exact) mass is 661 g/mol. The van der Waals surface area contributed by atoms with Crippen LogP contribution in [0.1, 0.15) is 55.5 Å². The number of thioether (sulfide) groups is 1. The zero-order valence-electron chi connectivity index (χ0n) is 25.0. The van der Waals surface area contributed by atoms with Crippen molar-refractivity contribution < 1.29 is 24.2 Å². The zero-order valence-corrected chi connectivity index (χ0v) is 27.4. The maximum absolute atomic E-state index is 13.7. The Hall–Kier alpha value is -3.86. The number of hydrogen-bond acceptors (Lipinski definition) is 9. The molecule has 2 aliphatic heterocycles. The molecule has 4 aromatic rings. The van der Waals surface area contributed by atoms with E-state index in [-0.39, 0.29) is 22.6 Å². The molecule has 1 N–H and O–H groups in total. The molecule has 11 heteroatoms. The molecule has 232 valence electrons. The molecule has 1 saturated heterocycles. The topological polar surface area (TPSA) is 102 Å². The van der Waals surface area contributed by atoms with Gasteiger partial charge in [-0.2, -0.15) is 0 Å². The molecule has 3 aromatic carbocycles. The van der Waals surface area contributed by atoms with Gasteiger partial charge < -0.3 is 14.6 Å². The van der Waals surface area contributed by atoms with Gasteiger partial charge in [0.05, 0.1) is 18.2 Å². The van der Waals surface area contributed by atoms with Crippen molar-refractivity contribution in [1.29, 1.82) is 0 Å². The number of ether oxygens (including phenoxy) is 2. The van der Waals surface area contributed by atoms with Gasteiger partial charge in [-0.25, -0.2) is 0 Å². The molecule has 0 bridgehead atoms. The third-order valence-electron chi connectivity index (χ3n) is 7.63. The summed E-state index contributed by atoms with van der Waals surface area (Å²) < 4.78 is 12.5. The second kappa shape index (κ2) is 13.2. The van der Waals surface area contributed by atoms with Crippen LogP contribution >= 0.6 is 34.7 Å². The molecular formula is C34H32ClN3O5S2. The summed E-state index contributed by atoms with van der Waals surface area (Å²) in [7, 11) is 0. The highest BCUT2D eigenvalue weighted by atomic mass is 35.5. The lowest BCUT2D eigenvalue weighted by molar-refractivity contribution is -0.132. The number of nitrogens with zero attached hydrogens (tertiary/aromatic N) is 3. The molecule has 2 aliphatic rings. The molecule has 8 nitrogen and oxygen atoms in total. The normalized spacial score (nSPS) is 18.8. The minimum atomic E-state index is -0.941. The Bertz CT molecular complexity index is 1770. The summed E-state index contributed by atoms with van der Waals surface area (Å²) in [6.07, 6.45) is 1.58. The standard InChI is InChI=1S/C34H32ClN3O5S2/c1-19(2)13-14-42-26-6-4-5-22(17-26)29-28(30(39)23-9-12-27-24(16-23)15-20(3)43-27)31(40)32(41)38(29)33-36-37-34(45-33)44-18-21-7-10-25(35)11-8-21/h4-12,16-17,19-20,29,39H,13-15,18H2,1-3H3/b30-28-. The number of fused-ring (bicyclic) bond motifs is 1. The Morgan fingerprint density at radius 2 is 1.93 bits per heavy atom. The van der Waals surface area contributed by atoms with Crippen molar-refractivity contribution >= 4 is 57.3 Å².